The number of rotatable bonds is 4. The molecule has 0 saturated carbocycles. The van der Waals surface area contributed by atoms with Crippen molar-refractivity contribution in [1.82, 2.24) is 5.32 Å². The molecule has 1 N–H and O–H groups in total. The standard InChI is InChI=1S/C10H20N2O/c1-9(6-8-13-2)12-10-5-3-4-7-11-10/h9H,3-8H2,1-2H3,(H,11,12). The number of nitrogens with zero attached hydrogens (tertiary/aromatic N) is 1. The largest absolute Gasteiger partial charge is 0.385 e. The molecular formula is C10H20N2O. The van der Waals surface area contributed by atoms with Crippen LogP contribution in [0.1, 0.15) is 32.6 Å². The Bertz CT molecular complexity index is 168. The summed E-state index contributed by atoms with van der Waals surface area (Å²) in [6.07, 6.45) is 4.70. The van der Waals surface area contributed by atoms with E-state index in [9.17, 15) is 0 Å². The van der Waals surface area contributed by atoms with E-state index in [4.69, 9.17) is 4.74 Å². The lowest BCUT2D eigenvalue weighted by Crippen LogP contribution is -2.34. The average Bonchev–Trinajstić information content (AvgIpc) is 2.16. The number of nitrogens with one attached hydrogen (secondary N) is 1. The number of methoxy groups -OCH3 is 1. The van der Waals surface area contributed by atoms with Crippen LogP contribution in [0.3, 0.4) is 0 Å². The highest BCUT2D eigenvalue weighted by Crippen LogP contribution is 2.05. The van der Waals surface area contributed by atoms with Crippen LogP contribution in [-0.4, -0.2) is 32.1 Å². The van der Waals surface area contributed by atoms with Crippen LogP contribution < -0.4 is 5.32 Å². The van der Waals surface area contributed by atoms with Gasteiger partial charge in [0, 0.05) is 32.7 Å². The zero-order valence-electron chi connectivity index (χ0n) is 8.68. The SMILES string of the molecule is COCCC(C)NC1=NCCCC1. The molecule has 0 saturated heterocycles. The first-order chi connectivity index (χ1) is 6.33. The molecule has 13 heavy (non-hydrogen) atoms. The van der Waals surface area contributed by atoms with Crippen LogP contribution in [0.4, 0.5) is 0 Å². The van der Waals surface area contributed by atoms with Gasteiger partial charge in [-0.1, -0.05) is 0 Å². The van der Waals surface area contributed by atoms with Gasteiger partial charge in [0.1, 0.15) is 0 Å². The van der Waals surface area contributed by atoms with Crippen LogP contribution in [-0.2, 0) is 4.74 Å². The van der Waals surface area contributed by atoms with Crippen LogP contribution in [0.15, 0.2) is 4.99 Å². The minimum absolute atomic E-state index is 0.483. The molecule has 1 atom stereocenters. The third-order valence-corrected chi connectivity index (χ3v) is 2.29. The lowest BCUT2D eigenvalue weighted by atomic mass is 10.1. The highest BCUT2D eigenvalue weighted by atomic mass is 16.5. The van der Waals surface area contributed by atoms with Crippen molar-refractivity contribution in [2.75, 3.05) is 20.3 Å². The first-order valence-electron chi connectivity index (χ1n) is 5.11. The second-order valence-electron chi connectivity index (χ2n) is 3.61. The fourth-order valence-corrected chi connectivity index (χ4v) is 1.47. The molecule has 1 aliphatic heterocycles. The zero-order chi connectivity index (χ0) is 9.52. The van der Waals surface area contributed by atoms with E-state index in [-0.39, 0.29) is 0 Å². The fourth-order valence-electron chi connectivity index (χ4n) is 1.47. The molecule has 1 heterocycles. The Kier molecular flexibility index (Phi) is 4.83. The van der Waals surface area contributed by atoms with E-state index in [1.54, 1.807) is 7.11 Å². The van der Waals surface area contributed by atoms with Gasteiger partial charge in [-0.3, -0.25) is 4.99 Å². The number of hydrogen-bond donors (Lipinski definition) is 1. The van der Waals surface area contributed by atoms with Crippen LogP contribution in [0.5, 0.6) is 0 Å². The molecule has 0 fully saturated rings. The molecule has 0 bridgehead atoms. The molecule has 0 spiro atoms. The summed E-state index contributed by atoms with van der Waals surface area (Å²) in [4.78, 5) is 4.44. The zero-order valence-corrected chi connectivity index (χ0v) is 8.68. The Morgan fingerprint density at radius 2 is 2.38 bits per heavy atom. The van der Waals surface area contributed by atoms with E-state index in [0.29, 0.717) is 6.04 Å². The summed E-state index contributed by atoms with van der Waals surface area (Å²) in [5.41, 5.74) is 0. The van der Waals surface area contributed by atoms with Gasteiger partial charge in [-0.25, -0.2) is 0 Å². The van der Waals surface area contributed by atoms with Gasteiger partial charge >= 0.3 is 0 Å². The van der Waals surface area contributed by atoms with Crippen molar-refractivity contribution in [3.05, 3.63) is 0 Å². The normalized spacial score (nSPS) is 19.4. The third kappa shape index (κ3) is 4.27. The number of hydrogen-bond acceptors (Lipinski definition) is 3. The van der Waals surface area contributed by atoms with Crippen molar-refractivity contribution >= 4 is 5.84 Å². The van der Waals surface area contributed by atoms with Crippen molar-refractivity contribution in [2.24, 2.45) is 4.99 Å². The average molecular weight is 184 g/mol. The minimum atomic E-state index is 0.483. The van der Waals surface area contributed by atoms with Gasteiger partial charge in [-0.15, -0.1) is 0 Å². The highest BCUT2D eigenvalue weighted by Gasteiger charge is 2.07. The summed E-state index contributed by atoms with van der Waals surface area (Å²) in [6.45, 7) is 4.00. The quantitative estimate of drug-likeness (QED) is 0.719. The Hall–Kier alpha value is -0.570. The Labute approximate surface area is 80.6 Å². The van der Waals surface area contributed by atoms with Crippen LogP contribution >= 0.6 is 0 Å². The Morgan fingerprint density at radius 1 is 1.54 bits per heavy atom. The van der Waals surface area contributed by atoms with Gasteiger partial charge in [0.15, 0.2) is 0 Å². The maximum Gasteiger partial charge on any atom is 0.0965 e. The predicted molar refractivity (Wildman–Crippen MR) is 55.2 cm³/mol. The minimum Gasteiger partial charge on any atom is -0.385 e. The molecule has 0 aromatic carbocycles. The van der Waals surface area contributed by atoms with Gasteiger partial charge in [0.2, 0.25) is 0 Å². The summed E-state index contributed by atoms with van der Waals surface area (Å²) >= 11 is 0. The highest BCUT2D eigenvalue weighted by molar-refractivity contribution is 5.82. The predicted octanol–water partition coefficient (Wildman–Crippen LogP) is 1.58. The Morgan fingerprint density at radius 3 is 3.00 bits per heavy atom. The fraction of sp³-hybridized carbons (Fsp3) is 0.900. The summed E-state index contributed by atoms with van der Waals surface area (Å²) in [5.74, 6) is 1.19. The van der Waals surface area contributed by atoms with Gasteiger partial charge in [0.25, 0.3) is 0 Å². The number of amidine groups is 1. The number of aliphatic imine (C=N–C) groups is 1. The maximum atomic E-state index is 5.02. The maximum absolute atomic E-state index is 5.02. The lowest BCUT2D eigenvalue weighted by molar-refractivity contribution is 0.187. The van der Waals surface area contributed by atoms with E-state index in [0.717, 1.165) is 26.0 Å². The third-order valence-electron chi connectivity index (χ3n) is 2.29. The van der Waals surface area contributed by atoms with Crippen molar-refractivity contribution in [1.29, 1.82) is 0 Å². The molecule has 0 aromatic rings. The molecule has 1 aliphatic rings. The summed E-state index contributed by atoms with van der Waals surface area (Å²) in [6, 6.07) is 0.483. The molecule has 1 rings (SSSR count). The smallest absolute Gasteiger partial charge is 0.0965 e. The molecule has 1 unspecified atom stereocenters. The van der Waals surface area contributed by atoms with Crippen molar-refractivity contribution in [3.63, 3.8) is 0 Å². The van der Waals surface area contributed by atoms with Gasteiger partial charge in [-0.2, -0.15) is 0 Å². The molecule has 76 valence electrons. The first-order valence-corrected chi connectivity index (χ1v) is 5.11. The molecule has 0 aliphatic carbocycles. The van der Waals surface area contributed by atoms with E-state index in [1.807, 2.05) is 0 Å². The summed E-state index contributed by atoms with van der Waals surface area (Å²) < 4.78 is 5.02. The second-order valence-corrected chi connectivity index (χ2v) is 3.61. The van der Waals surface area contributed by atoms with Crippen LogP contribution in [0.2, 0.25) is 0 Å². The van der Waals surface area contributed by atoms with Crippen molar-refractivity contribution < 1.29 is 4.74 Å². The van der Waals surface area contributed by atoms with Gasteiger partial charge < -0.3 is 10.1 Å². The van der Waals surface area contributed by atoms with E-state index >= 15 is 0 Å². The van der Waals surface area contributed by atoms with Crippen LogP contribution in [0, 0.1) is 0 Å². The number of ether oxygens (including phenoxy) is 1. The summed E-state index contributed by atoms with van der Waals surface area (Å²) in [7, 11) is 1.74. The second kappa shape index (κ2) is 5.97. The van der Waals surface area contributed by atoms with E-state index in [2.05, 4.69) is 17.2 Å². The molecule has 3 nitrogen and oxygen atoms in total. The molecule has 3 heteroatoms. The van der Waals surface area contributed by atoms with Crippen molar-refractivity contribution in [3.8, 4) is 0 Å². The topological polar surface area (TPSA) is 33.6 Å². The molecule has 0 aromatic heterocycles. The van der Waals surface area contributed by atoms with Gasteiger partial charge in [0.05, 0.1) is 5.84 Å². The lowest BCUT2D eigenvalue weighted by Gasteiger charge is -2.19. The Balaban J connectivity index is 2.18. The van der Waals surface area contributed by atoms with Gasteiger partial charge in [-0.05, 0) is 26.2 Å². The summed E-state index contributed by atoms with van der Waals surface area (Å²) in [5, 5.41) is 3.42. The monoisotopic (exact) mass is 184 g/mol. The van der Waals surface area contributed by atoms with E-state index < -0.39 is 0 Å². The van der Waals surface area contributed by atoms with Crippen LogP contribution in [0.25, 0.3) is 0 Å². The first kappa shape index (κ1) is 10.5. The molecular weight excluding hydrogens is 164 g/mol. The molecule has 0 radical (unpaired) electrons. The van der Waals surface area contributed by atoms with E-state index in [1.165, 1.54) is 18.7 Å². The van der Waals surface area contributed by atoms with Crippen molar-refractivity contribution in [2.45, 2.75) is 38.6 Å². The molecule has 0 amide bonds.